The first-order valence-corrected chi connectivity index (χ1v) is 3.76. The second kappa shape index (κ2) is 2.95. The third-order valence-corrected chi connectivity index (χ3v) is 1.73. The van der Waals surface area contributed by atoms with E-state index in [2.05, 4.69) is 21.5 Å². The van der Waals surface area contributed by atoms with Crippen molar-refractivity contribution in [2.24, 2.45) is 0 Å². The summed E-state index contributed by atoms with van der Waals surface area (Å²) in [6, 6.07) is 0. The Morgan fingerprint density at radius 1 is 1.54 bits per heavy atom. The summed E-state index contributed by atoms with van der Waals surface area (Å²) in [4.78, 5) is 11.8. The average Bonchev–Trinajstić information content (AvgIpc) is 2.60. The number of nitrogens with zero attached hydrogens (tertiary/aromatic N) is 4. The van der Waals surface area contributed by atoms with Crippen LogP contribution in [0, 0.1) is 0 Å². The van der Waals surface area contributed by atoms with Crippen LogP contribution in [0.2, 0.25) is 0 Å². The van der Waals surface area contributed by atoms with Crippen molar-refractivity contribution in [3.05, 3.63) is 31.5 Å². The molecule has 5 heteroatoms. The van der Waals surface area contributed by atoms with Gasteiger partial charge >= 0.3 is 0 Å². The van der Waals surface area contributed by atoms with E-state index in [4.69, 9.17) is 0 Å². The SMILES string of the molecule is C=CC(O)n1cnc2cncnc21. The van der Waals surface area contributed by atoms with Gasteiger partial charge in [0.1, 0.15) is 11.8 Å². The lowest BCUT2D eigenvalue weighted by Crippen LogP contribution is -2.03. The van der Waals surface area contributed by atoms with Crippen molar-refractivity contribution in [3.8, 4) is 0 Å². The zero-order chi connectivity index (χ0) is 9.26. The Balaban J connectivity index is 2.64. The summed E-state index contributed by atoms with van der Waals surface area (Å²) < 4.78 is 1.52. The van der Waals surface area contributed by atoms with Gasteiger partial charge in [-0.15, -0.1) is 0 Å². The fourth-order valence-electron chi connectivity index (χ4n) is 1.09. The average molecular weight is 176 g/mol. The Hall–Kier alpha value is -1.75. The van der Waals surface area contributed by atoms with Crippen molar-refractivity contribution in [1.82, 2.24) is 19.5 Å². The van der Waals surface area contributed by atoms with Crippen molar-refractivity contribution in [1.29, 1.82) is 0 Å². The number of fused-ring (bicyclic) bond motifs is 1. The summed E-state index contributed by atoms with van der Waals surface area (Å²) in [7, 11) is 0. The van der Waals surface area contributed by atoms with Crippen LogP contribution in [0.25, 0.3) is 11.2 Å². The number of aromatic nitrogens is 4. The highest BCUT2D eigenvalue weighted by Crippen LogP contribution is 2.12. The molecule has 0 fully saturated rings. The predicted octanol–water partition coefficient (Wildman–Crippen LogP) is 0.503. The van der Waals surface area contributed by atoms with Crippen LogP contribution < -0.4 is 0 Å². The zero-order valence-corrected chi connectivity index (χ0v) is 6.83. The van der Waals surface area contributed by atoms with E-state index in [0.29, 0.717) is 11.2 Å². The molecule has 1 unspecified atom stereocenters. The molecule has 0 bridgehead atoms. The molecule has 0 saturated carbocycles. The summed E-state index contributed by atoms with van der Waals surface area (Å²) in [5, 5.41) is 9.46. The van der Waals surface area contributed by atoms with Crippen molar-refractivity contribution in [2.45, 2.75) is 6.23 Å². The fraction of sp³-hybridized carbons (Fsp3) is 0.125. The third-order valence-electron chi connectivity index (χ3n) is 1.73. The molecule has 0 saturated heterocycles. The number of hydrogen-bond acceptors (Lipinski definition) is 4. The second-order valence-electron chi connectivity index (χ2n) is 2.53. The Morgan fingerprint density at radius 3 is 3.15 bits per heavy atom. The summed E-state index contributed by atoms with van der Waals surface area (Å²) >= 11 is 0. The molecule has 0 aromatic carbocycles. The number of aliphatic hydroxyl groups is 1. The van der Waals surface area contributed by atoms with E-state index in [0.717, 1.165) is 0 Å². The summed E-state index contributed by atoms with van der Waals surface area (Å²) in [5.41, 5.74) is 1.26. The smallest absolute Gasteiger partial charge is 0.165 e. The first-order valence-electron chi connectivity index (χ1n) is 3.76. The first kappa shape index (κ1) is 7.88. The second-order valence-corrected chi connectivity index (χ2v) is 2.53. The Morgan fingerprint density at radius 2 is 2.38 bits per heavy atom. The van der Waals surface area contributed by atoms with E-state index >= 15 is 0 Å². The number of rotatable bonds is 2. The van der Waals surface area contributed by atoms with Gasteiger partial charge in [0.2, 0.25) is 0 Å². The minimum absolute atomic E-state index is 0.599. The van der Waals surface area contributed by atoms with Crippen LogP contribution >= 0.6 is 0 Å². The summed E-state index contributed by atoms with van der Waals surface area (Å²) in [5.74, 6) is 0. The van der Waals surface area contributed by atoms with Crippen LogP contribution in [0.1, 0.15) is 6.23 Å². The van der Waals surface area contributed by atoms with Crippen LogP contribution in [-0.2, 0) is 0 Å². The molecule has 0 aliphatic rings. The van der Waals surface area contributed by atoms with Crippen molar-refractivity contribution >= 4 is 11.2 Å². The Labute approximate surface area is 74.4 Å². The minimum atomic E-state index is -0.792. The Kier molecular flexibility index (Phi) is 1.79. The van der Waals surface area contributed by atoms with E-state index in [1.54, 1.807) is 6.20 Å². The highest BCUT2D eigenvalue weighted by Gasteiger charge is 2.07. The molecule has 1 atom stereocenters. The quantitative estimate of drug-likeness (QED) is 0.677. The maximum Gasteiger partial charge on any atom is 0.165 e. The van der Waals surface area contributed by atoms with Gasteiger partial charge in [-0.3, -0.25) is 4.57 Å². The van der Waals surface area contributed by atoms with Crippen molar-refractivity contribution in [2.75, 3.05) is 0 Å². The molecular weight excluding hydrogens is 168 g/mol. The van der Waals surface area contributed by atoms with Crippen molar-refractivity contribution < 1.29 is 5.11 Å². The minimum Gasteiger partial charge on any atom is -0.369 e. The molecule has 1 N–H and O–H groups in total. The topological polar surface area (TPSA) is 63.8 Å². The van der Waals surface area contributed by atoms with E-state index in [1.807, 2.05) is 0 Å². The highest BCUT2D eigenvalue weighted by molar-refractivity contribution is 5.68. The maximum absolute atomic E-state index is 9.46. The zero-order valence-electron chi connectivity index (χ0n) is 6.83. The van der Waals surface area contributed by atoms with E-state index in [1.165, 1.54) is 23.3 Å². The number of hydrogen-bond donors (Lipinski definition) is 1. The van der Waals surface area contributed by atoms with Crippen LogP contribution in [0.5, 0.6) is 0 Å². The van der Waals surface area contributed by atoms with Crippen LogP contribution in [0.15, 0.2) is 31.5 Å². The maximum atomic E-state index is 9.46. The molecule has 2 rings (SSSR count). The normalized spacial score (nSPS) is 13.0. The molecule has 0 amide bonds. The van der Waals surface area contributed by atoms with Gasteiger partial charge in [-0.1, -0.05) is 6.58 Å². The summed E-state index contributed by atoms with van der Waals surface area (Å²) in [6.07, 6.45) is 5.12. The molecule has 66 valence electrons. The lowest BCUT2D eigenvalue weighted by molar-refractivity contribution is 0.158. The molecule has 5 nitrogen and oxygen atoms in total. The van der Waals surface area contributed by atoms with Gasteiger partial charge in [-0.2, -0.15) is 0 Å². The molecule has 2 aromatic heterocycles. The van der Waals surface area contributed by atoms with Crippen LogP contribution in [-0.4, -0.2) is 24.6 Å². The fourth-order valence-corrected chi connectivity index (χ4v) is 1.09. The van der Waals surface area contributed by atoms with Gasteiger partial charge in [-0.25, -0.2) is 15.0 Å². The van der Waals surface area contributed by atoms with Gasteiger partial charge < -0.3 is 5.11 Å². The molecule has 13 heavy (non-hydrogen) atoms. The van der Waals surface area contributed by atoms with Crippen molar-refractivity contribution in [3.63, 3.8) is 0 Å². The van der Waals surface area contributed by atoms with Gasteiger partial charge in [0.15, 0.2) is 11.9 Å². The lowest BCUT2D eigenvalue weighted by atomic mass is 10.5. The van der Waals surface area contributed by atoms with Gasteiger partial charge in [0, 0.05) is 0 Å². The molecule has 0 spiro atoms. The number of aliphatic hydroxyl groups excluding tert-OH is 1. The van der Waals surface area contributed by atoms with E-state index in [9.17, 15) is 5.11 Å². The largest absolute Gasteiger partial charge is 0.369 e. The summed E-state index contributed by atoms with van der Waals surface area (Å²) in [6.45, 7) is 3.48. The molecular formula is C8H8N4O. The van der Waals surface area contributed by atoms with Gasteiger partial charge in [-0.05, 0) is 6.08 Å². The molecule has 2 heterocycles. The highest BCUT2D eigenvalue weighted by atomic mass is 16.3. The Bertz CT molecular complexity index is 436. The molecule has 2 aromatic rings. The molecule has 0 radical (unpaired) electrons. The van der Waals surface area contributed by atoms with Gasteiger partial charge in [0.25, 0.3) is 0 Å². The number of imidazole rings is 1. The first-order chi connectivity index (χ1) is 6.33. The third kappa shape index (κ3) is 1.19. The van der Waals surface area contributed by atoms with Gasteiger partial charge in [0.05, 0.1) is 12.5 Å². The van der Waals surface area contributed by atoms with Crippen LogP contribution in [0.3, 0.4) is 0 Å². The van der Waals surface area contributed by atoms with Crippen LogP contribution in [0.4, 0.5) is 0 Å². The standard InChI is InChI=1S/C8H8N4O/c1-2-7(13)12-5-11-6-3-9-4-10-8(6)12/h2-5,7,13H,1H2. The predicted molar refractivity (Wildman–Crippen MR) is 46.8 cm³/mol. The molecule has 0 aliphatic carbocycles. The van der Waals surface area contributed by atoms with E-state index in [-0.39, 0.29) is 0 Å². The van der Waals surface area contributed by atoms with E-state index < -0.39 is 6.23 Å². The molecule has 0 aliphatic heterocycles. The monoisotopic (exact) mass is 176 g/mol. The lowest BCUT2D eigenvalue weighted by Gasteiger charge is -2.05.